The molecule has 2 aromatic heterocycles. The fraction of sp³-hybridized carbons (Fsp3) is 0.346. The molecule has 31 heavy (non-hydrogen) atoms. The van der Waals surface area contributed by atoms with Gasteiger partial charge in [-0.25, -0.2) is 9.50 Å². The highest BCUT2D eigenvalue weighted by atomic mass is 15.3. The van der Waals surface area contributed by atoms with Gasteiger partial charge in [-0.1, -0.05) is 36.4 Å². The van der Waals surface area contributed by atoms with E-state index >= 15 is 0 Å². The molecule has 5 rings (SSSR count). The lowest BCUT2D eigenvalue weighted by molar-refractivity contribution is 0.197. The summed E-state index contributed by atoms with van der Waals surface area (Å²) in [5, 5.41) is 4.44. The van der Waals surface area contributed by atoms with E-state index in [2.05, 4.69) is 82.3 Å². The molecule has 3 heterocycles. The van der Waals surface area contributed by atoms with Gasteiger partial charge in [-0.3, -0.25) is 4.90 Å². The summed E-state index contributed by atoms with van der Waals surface area (Å²) in [5.74, 6) is 1.15. The Kier molecular flexibility index (Phi) is 5.28. The van der Waals surface area contributed by atoms with Crippen molar-refractivity contribution in [2.75, 3.05) is 13.1 Å². The van der Waals surface area contributed by atoms with Crippen LogP contribution in [-0.4, -0.2) is 37.6 Å². The van der Waals surface area contributed by atoms with Crippen LogP contribution in [0.1, 0.15) is 46.8 Å². The monoisotopic (exact) mass is 411 g/mol. The zero-order chi connectivity index (χ0) is 21.4. The van der Waals surface area contributed by atoms with Gasteiger partial charge in [-0.05, 0) is 80.1 Å². The van der Waals surface area contributed by atoms with E-state index in [9.17, 15) is 0 Å². The first kappa shape index (κ1) is 19.9. The fourth-order valence-corrected chi connectivity index (χ4v) is 4.84. The van der Waals surface area contributed by atoms with Gasteiger partial charge in [0.25, 0.3) is 5.78 Å². The molecule has 0 N–H and O–H groups in total. The average molecular weight is 412 g/mol. The predicted molar refractivity (Wildman–Crippen MR) is 124 cm³/mol. The van der Waals surface area contributed by atoms with Crippen molar-refractivity contribution in [1.82, 2.24) is 24.5 Å². The van der Waals surface area contributed by atoms with Gasteiger partial charge in [0, 0.05) is 24.7 Å². The molecule has 4 aromatic rings. The van der Waals surface area contributed by atoms with Crippen LogP contribution < -0.4 is 0 Å². The van der Waals surface area contributed by atoms with Crippen LogP contribution in [0.2, 0.25) is 0 Å². The predicted octanol–water partition coefficient (Wildman–Crippen LogP) is 5.10. The van der Waals surface area contributed by atoms with Crippen molar-refractivity contribution in [2.24, 2.45) is 0 Å². The fourth-order valence-electron chi connectivity index (χ4n) is 4.84. The molecule has 1 atom stereocenters. The molecular weight excluding hydrogens is 382 g/mol. The van der Waals surface area contributed by atoms with Crippen LogP contribution >= 0.6 is 0 Å². The minimum atomic E-state index is 0.444. The molecule has 0 radical (unpaired) electrons. The summed E-state index contributed by atoms with van der Waals surface area (Å²) in [6.45, 7) is 9.60. The van der Waals surface area contributed by atoms with Gasteiger partial charge >= 0.3 is 0 Å². The molecule has 1 saturated heterocycles. The summed E-state index contributed by atoms with van der Waals surface area (Å²) < 4.78 is 1.92. The highest BCUT2D eigenvalue weighted by molar-refractivity contribution is 5.68. The second-order valence-corrected chi connectivity index (χ2v) is 8.82. The highest BCUT2D eigenvalue weighted by Crippen LogP contribution is 2.30. The van der Waals surface area contributed by atoms with Crippen LogP contribution in [0.15, 0.2) is 54.9 Å². The van der Waals surface area contributed by atoms with E-state index in [1.165, 1.54) is 46.4 Å². The molecule has 0 saturated carbocycles. The Hall–Kier alpha value is -3.05. The molecule has 0 bridgehead atoms. The first-order valence-corrected chi connectivity index (χ1v) is 11.1. The van der Waals surface area contributed by atoms with E-state index in [0.717, 1.165) is 25.3 Å². The lowest BCUT2D eigenvalue weighted by Gasteiger charge is -2.33. The molecule has 1 aliphatic heterocycles. The Morgan fingerprint density at radius 2 is 1.87 bits per heavy atom. The number of rotatable bonds is 4. The van der Waals surface area contributed by atoms with Crippen molar-refractivity contribution in [3.05, 3.63) is 82.9 Å². The van der Waals surface area contributed by atoms with Crippen LogP contribution in [0.3, 0.4) is 0 Å². The normalized spacial score (nSPS) is 17.3. The number of nitrogens with zero attached hydrogens (tertiary/aromatic N) is 5. The molecule has 158 valence electrons. The quantitative estimate of drug-likeness (QED) is 0.469. The van der Waals surface area contributed by atoms with E-state index in [4.69, 9.17) is 0 Å². The van der Waals surface area contributed by atoms with Crippen molar-refractivity contribution in [2.45, 2.75) is 46.1 Å². The molecule has 0 spiro atoms. The van der Waals surface area contributed by atoms with Gasteiger partial charge in [0.15, 0.2) is 0 Å². The molecule has 0 aliphatic carbocycles. The Morgan fingerprint density at radius 3 is 2.74 bits per heavy atom. The van der Waals surface area contributed by atoms with Crippen molar-refractivity contribution in [3.8, 4) is 11.1 Å². The third-order valence-electron chi connectivity index (χ3n) is 6.53. The third-order valence-corrected chi connectivity index (χ3v) is 6.53. The molecule has 2 aromatic carbocycles. The van der Waals surface area contributed by atoms with Gasteiger partial charge in [-0.2, -0.15) is 10.1 Å². The van der Waals surface area contributed by atoms with Crippen LogP contribution in [0.4, 0.5) is 0 Å². The molecular formula is C26H29N5. The Morgan fingerprint density at radius 1 is 1.00 bits per heavy atom. The minimum absolute atomic E-state index is 0.444. The average Bonchev–Trinajstić information content (AvgIpc) is 3.24. The van der Waals surface area contributed by atoms with E-state index in [1.54, 1.807) is 6.33 Å². The number of hydrogen-bond donors (Lipinski definition) is 0. The molecule has 1 fully saturated rings. The second-order valence-electron chi connectivity index (χ2n) is 8.82. The maximum atomic E-state index is 4.51. The lowest BCUT2D eigenvalue weighted by atomic mass is 9.92. The first-order chi connectivity index (χ1) is 15.1. The second kappa shape index (κ2) is 8.23. The number of fused-ring (bicyclic) bond motifs is 1. The van der Waals surface area contributed by atoms with Gasteiger partial charge < -0.3 is 0 Å². The topological polar surface area (TPSA) is 46.3 Å². The molecule has 5 heteroatoms. The van der Waals surface area contributed by atoms with E-state index < -0.39 is 0 Å². The zero-order valence-corrected chi connectivity index (χ0v) is 18.5. The summed E-state index contributed by atoms with van der Waals surface area (Å²) in [4.78, 5) is 11.4. The summed E-state index contributed by atoms with van der Waals surface area (Å²) >= 11 is 0. The maximum Gasteiger partial charge on any atom is 0.252 e. The number of benzene rings is 2. The smallest absolute Gasteiger partial charge is 0.252 e. The third kappa shape index (κ3) is 3.98. The maximum absolute atomic E-state index is 4.51. The van der Waals surface area contributed by atoms with Crippen molar-refractivity contribution >= 4 is 5.78 Å². The van der Waals surface area contributed by atoms with Gasteiger partial charge in [0.2, 0.25) is 0 Å². The van der Waals surface area contributed by atoms with Crippen LogP contribution in [0.25, 0.3) is 16.9 Å². The standard InChI is InChI=1S/C26H29N5/c1-18-10-11-21(24-9-5-4-7-19(24)2)14-23(18)16-30-12-6-8-22(15-30)25-13-20(3)29-26-27-17-28-31(25)26/h4-5,7,9-11,13-14,17,22H,6,8,12,15-16H2,1-3H3. The van der Waals surface area contributed by atoms with Crippen molar-refractivity contribution in [1.29, 1.82) is 0 Å². The molecule has 1 unspecified atom stereocenters. The number of likely N-dealkylation sites (tertiary alicyclic amines) is 1. The molecule has 0 amide bonds. The number of hydrogen-bond acceptors (Lipinski definition) is 4. The van der Waals surface area contributed by atoms with E-state index in [1.807, 2.05) is 11.4 Å². The Labute approximate surface area is 183 Å². The SMILES string of the molecule is Cc1cc(C2CCCN(Cc3cc(-c4ccccc4C)ccc3C)C2)n2ncnc2n1. The van der Waals surface area contributed by atoms with Gasteiger partial charge in [-0.15, -0.1) is 0 Å². The summed E-state index contributed by atoms with van der Waals surface area (Å²) in [5.41, 5.74) is 8.96. The van der Waals surface area contributed by atoms with Crippen molar-refractivity contribution in [3.63, 3.8) is 0 Å². The van der Waals surface area contributed by atoms with E-state index in [-0.39, 0.29) is 0 Å². The summed E-state index contributed by atoms with van der Waals surface area (Å²) in [7, 11) is 0. The summed E-state index contributed by atoms with van der Waals surface area (Å²) in [6, 6.07) is 17.7. The summed E-state index contributed by atoms with van der Waals surface area (Å²) in [6.07, 6.45) is 3.97. The first-order valence-electron chi connectivity index (χ1n) is 11.1. The van der Waals surface area contributed by atoms with Gasteiger partial charge in [0.05, 0.1) is 5.69 Å². The van der Waals surface area contributed by atoms with Crippen LogP contribution in [0, 0.1) is 20.8 Å². The molecule has 1 aliphatic rings. The Bertz CT molecular complexity index is 1230. The lowest BCUT2D eigenvalue weighted by Crippen LogP contribution is -2.35. The zero-order valence-electron chi connectivity index (χ0n) is 18.5. The van der Waals surface area contributed by atoms with Crippen molar-refractivity contribution < 1.29 is 0 Å². The largest absolute Gasteiger partial charge is 0.298 e. The number of aryl methyl sites for hydroxylation is 3. The van der Waals surface area contributed by atoms with Crippen LogP contribution in [-0.2, 0) is 6.54 Å². The molecule has 5 nitrogen and oxygen atoms in total. The van der Waals surface area contributed by atoms with Gasteiger partial charge in [0.1, 0.15) is 6.33 Å². The van der Waals surface area contributed by atoms with E-state index in [0.29, 0.717) is 11.7 Å². The van der Waals surface area contributed by atoms with Crippen LogP contribution in [0.5, 0.6) is 0 Å². The Balaban J connectivity index is 1.40. The highest BCUT2D eigenvalue weighted by Gasteiger charge is 2.25. The number of aromatic nitrogens is 4. The minimum Gasteiger partial charge on any atom is -0.298 e. The number of piperidine rings is 1.